The minimum absolute atomic E-state index is 0.0733. The van der Waals surface area contributed by atoms with Crippen LogP contribution >= 0.6 is 0 Å². The zero-order valence-electron chi connectivity index (χ0n) is 17.5. The van der Waals surface area contributed by atoms with Gasteiger partial charge in [-0.25, -0.2) is 4.98 Å². The Labute approximate surface area is 175 Å². The number of amides is 1. The van der Waals surface area contributed by atoms with Gasteiger partial charge in [-0.2, -0.15) is 0 Å². The van der Waals surface area contributed by atoms with E-state index in [4.69, 9.17) is 14.2 Å². The van der Waals surface area contributed by atoms with Gasteiger partial charge in [0.15, 0.2) is 5.75 Å². The van der Waals surface area contributed by atoms with E-state index in [0.29, 0.717) is 35.4 Å². The van der Waals surface area contributed by atoms with Gasteiger partial charge in [0, 0.05) is 18.3 Å². The van der Waals surface area contributed by atoms with Gasteiger partial charge in [-0.15, -0.1) is 0 Å². The minimum atomic E-state index is -0.952. The van der Waals surface area contributed by atoms with Crippen molar-refractivity contribution in [2.24, 2.45) is 5.92 Å². The summed E-state index contributed by atoms with van der Waals surface area (Å²) in [5, 5.41) is 10.7. The lowest BCUT2D eigenvalue weighted by atomic mass is 9.93. The van der Waals surface area contributed by atoms with E-state index in [0.717, 1.165) is 29.5 Å². The van der Waals surface area contributed by atoms with E-state index in [1.165, 1.54) is 0 Å². The van der Waals surface area contributed by atoms with Crippen molar-refractivity contribution in [3.05, 3.63) is 46.6 Å². The van der Waals surface area contributed by atoms with Crippen molar-refractivity contribution in [1.29, 1.82) is 0 Å². The molecular weight excluding hydrogens is 384 g/mol. The van der Waals surface area contributed by atoms with Crippen LogP contribution in [-0.2, 0) is 13.2 Å². The Hall–Kier alpha value is -2.80. The molecule has 2 aliphatic heterocycles. The molecule has 7 heteroatoms. The molecule has 0 radical (unpaired) electrons. The Bertz CT molecular complexity index is 1010. The zero-order valence-corrected chi connectivity index (χ0v) is 17.5. The maximum absolute atomic E-state index is 13.4. The van der Waals surface area contributed by atoms with Crippen molar-refractivity contribution >= 4 is 5.91 Å². The number of nitrogens with zero attached hydrogens (tertiary/aromatic N) is 2. The number of benzene rings is 1. The average Bonchev–Trinajstić information content (AvgIpc) is 3.29. The molecule has 1 atom stereocenters. The number of aromatic nitrogens is 1. The minimum Gasteiger partial charge on any atom is -0.488 e. The second kappa shape index (κ2) is 6.87. The standard InChI is InChI=1S/C23H26N2O5/c1-13-9-24-21-19(29-12-30-21)16(13)11-28-17-6-4-5-15-10-25(22(26)18(15)17)20(14-7-8-14)23(2,3)27/h4-6,9,14,20,27H,7-8,10-12H2,1-3H3. The van der Waals surface area contributed by atoms with E-state index in [2.05, 4.69) is 4.98 Å². The van der Waals surface area contributed by atoms with E-state index in [1.54, 1.807) is 20.0 Å². The first kappa shape index (κ1) is 19.2. The summed E-state index contributed by atoms with van der Waals surface area (Å²) < 4.78 is 17.1. The van der Waals surface area contributed by atoms with Crippen LogP contribution in [0.25, 0.3) is 0 Å². The van der Waals surface area contributed by atoms with Gasteiger partial charge in [0.25, 0.3) is 11.8 Å². The molecule has 1 aromatic carbocycles. The highest BCUT2D eigenvalue weighted by atomic mass is 16.7. The molecule has 3 aliphatic rings. The molecule has 0 bridgehead atoms. The predicted molar refractivity (Wildman–Crippen MR) is 109 cm³/mol. The fraction of sp³-hybridized carbons (Fsp3) is 0.478. The fourth-order valence-corrected chi connectivity index (χ4v) is 4.64. The van der Waals surface area contributed by atoms with E-state index < -0.39 is 5.60 Å². The lowest BCUT2D eigenvalue weighted by Crippen LogP contribution is -2.51. The Balaban J connectivity index is 1.42. The third-order valence-corrected chi connectivity index (χ3v) is 6.15. The van der Waals surface area contributed by atoms with Crippen LogP contribution in [0, 0.1) is 12.8 Å². The molecule has 1 aliphatic carbocycles. The van der Waals surface area contributed by atoms with Gasteiger partial charge in [-0.3, -0.25) is 4.79 Å². The molecule has 1 amide bonds. The Kier molecular flexibility index (Phi) is 4.39. The van der Waals surface area contributed by atoms with Crippen LogP contribution in [0.5, 0.6) is 17.4 Å². The van der Waals surface area contributed by atoms with Crippen LogP contribution in [0.4, 0.5) is 0 Å². The molecule has 1 unspecified atom stereocenters. The fourth-order valence-electron chi connectivity index (χ4n) is 4.64. The molecule has 1 N–H and O–H groups in total. The van der Waals surface area contributed by atoms with Crippen molar-refractivity contribution in [2.45, 2.75) is 58.4 Å². The first-order valence-corrected chi connectivity index (χ1v) is 10.4. The van der Waals surface area contributed by atoms with Gasteiger partial charge in [0.1, 0.15) is 12.4 Å². The summed E-state index contributed by atoms with van der Waals surface area (Å²) in [6, 6.07) is 5.50. The second-order valence-corrected chi connectivity index (χ2v) is 8.91. The summed E-state index contributed by atoms with van der Waals surface area (Å²) in [5.74, 6) is 1.90. The SMILES string of the molecule is Cc1cnc2c(c1COc1cccc3c1C(=O)N(C(C1CC1)C(C)(C)O)C3)OCO2. The average molecular weight is 410 g/mol. The molecule has 1 fully saturated rings. The van der Waals surface area contributed by atoms with Gasteiger partial charge >= 0.3 is 0 Å². The number of hydrogen-bond acceptors (Lipinski definition) is 6. The van der Waals surface area contributed by atoms with Crippen molar-refractivity contribution < 1.29 is 24.1 Å². The van der Waals surface area contributed by atoms with Gasteiger partial charge in [-0.1, -0.05) is 12.1 Å². The highest BCUT2D eigenvalue weighted by Gasteiger charge is 2.48. The monoisotopic (exact) mass is 410 g/mol. The second-order valence-electron chi connectivity index (χ2n) is 8.91. The summed E-state index contributed by atoms with van der Waals surface area (Å²) in [6.45, 7) is 6.42. The van der Waals surface area contributed by atoms with Gasteiger partial charge in [-0.05, 0) is 56.7 Å². The molecule has 30 heavy (non-hydrogen) atoms. The molecule has 2 aromatic rings. The number of pyridine rings is 1. The van der Waals surface area contributed by atoms with Crippen LogP contribution in [0.1, 0.15) is 53.7 Å². The molecule has 1 saturated carbocycles. The van der Waals surface area contributed by atoms with Crippen LogP contribution in [0.2, 0.25) is 0 Å². The lowest BCUT2D eigenvalue weighted by Gasteiger charge is -2.37. The molecule has 0 spiro atoms. The number of aliphatic hydroxyl groups is 1. The normalized spacial score (nSPS) is 18.5. The van der Waals surface area contributed by atoms with Crippen LogP contribution in [-0.4, -0.2) is 39.3 Å². The molecule has 1 aromatic heterocycles. The Morgan fingerprint density at radius 3 is 2.87 bits per heavy atom. The third kappa shape index (κ3) is 3.17. The van der Waals surface area contributed by atoms with Crippen molar-refractivity contribution in [3.63, 3.8) is 0 Å². The number of fused-ring (bicyclic) bond motifs is 2. The van der Waals surface area contributed by atoms with E-state index >= 15 is 0 Å². The Morgan fingerprint density at radius 2 is 2.13 bits per heavy atom. The highest BCUT2D eigenvalue weighted by Crippen LogP contribution is 2.44. The molecule has 158 valence electrons. The number of aryl methyl sites for hydroxylation is 1. The van der Waals surface area contributed by atoms with E-state index in [9.17, 15) is 9.90 Å². The number of carbonyl (C=O) groups excluding carboxylic acids is 1. The maximum atomic E-state index is 13.4. The third-order valence-electron chi connectivity index (χ3n) is 6.15. The maximum Gasteiger partial charge on any atom is 0.260 e. The number of ether oxygens (including phenoxy) is 3. The van der Waals surface area contributed by atoms with Crippen molar-refractivity contribution in [1.82, 2.24) is 9.88 Å². The first-order chi connectivity index (χ1) is 14.3. The Morgan fingerprint density at radius 1 is 1.33 bits per heavy atom. The molecule has 7 nitrogen and oxygen atoms in total. The van der Waals surface area contributed by atoms with Gasteiger partial charge < -0.3 is 24.2 Å². The summed E-state index contributed by atoms with van der Waals surface area (Å²) in [5.41, 5.74) is 2.38. The molecular formula is C23H26N2O5. The summed E-state index contributed by atoms with van der Waals surface area (Å²) in [7, 11) is 0. The van der Waals surface area contributed by atoms with Gasteiger partial charge in [0.05, 0.1) is 17.2 Å². The summed E-state index contributed by atoms with van der Waals surface area (Å²) in [4.78, 5) is 19.4. The smallest absolute Gasteiger partial charge is 0.260 e. The molecule has 3 heterocycles. The van der Waals surface area contributed by atoms with Crippen LogP contribution < -0.4 is 14.2 Å². The number of hydrogen-bond donors (Lipinski definition) is 1. The highest BCUT2D eigenvalue weighted by molar-refractivity contribution is 6.01. The molecule has 0 saturated heterocycles. The number of carbonyl (C=O) groups is 1. The zero-order chi connectivity index (χ0) is 21.0. The van der Waals surface area contributed by atoms with Crippen LogP contribution in [0.15, 0.2) is 24.4 Å². The van der Waals surface area contributed by atoms with E-state index in [-0.39, 0.29) is 25.3 Å². The topological polar surface area (TPSA) is 81.1 Å². The van der Waals surface area contributed by atoms with Crippen molar-refractivity contribution in [2.75, 3.05) is 6.79 Å². The lowest BCUT2D eigenvalue weighted by molar-refractivity contribution is -0.0224. The van der Waals surface area contributed by atoms with Crippen LogP contribution in [0.3, 0.4) is 0 Å². The quantitative estimate of drug-likeness (QED) is 0.788. The summed E-state index contributed by atoms with van der Waals surface area (Å²) >= 11 is 0. The summed E-state index contributed by atoms with van der Waals surface area (Å²) in [6.07, 6.45) is 3.83. The number of rotatable bonds is 6. The predicted octanol–water partition coefficient (Wildman–Crippen LogP) is 3.20. The molecule has 5 rings (SSSR count). The van der Waals surface area contributed by atoms with Gasteiger partial charge in [0.2, 0.25) is 6.79 Å². The first-order valence-electron chi connectivity index (χ1n) is 10.4. The van der Waals surface area contributed by atoms with E-state index in [1.807, 2.05) is 30.0 Å². The largest absolute Gasteiger partial charge is 0.488 e. The van der Waals surface area contributed by atoms with Crippen molar-refractivity contribution in [3.8, 4) is 17.4 Å².